The molecule has 0 radical (unpaired) electrons. The molecule has 0 aliphatic rings. The number of rotatable bonds is 5. The van der Waals surface area contributed by atoms with Crippen LogP contribution in [0.5, 0.6) is 5.75 Å². The smallest absolute Gasteiger partial charge is 0.227 e. The predicted molar refractivity (Wildman–Crippen MR) is 63.8 cm³/mol. The number of nitrogens with zero attached hydrogens (tertiary/aromatic N) is 1. The van der Waals surface area contributed by atoms with Gasteiger partial charge < -0.3 is 4.74 Å². The van der Waals surface area contributed by atoms with Gasteiger partial charge in [0.1, 0.15) is 5.75 Å². The van der Waals surface area contributed by atoms with Gasteiger partial charge in [-0.3, -0.25) is 0 Å². The minimum absolute atomic E-state index is 0.165. The molecule has 0 spiro atoms. The molecular formula is C11H14N2O3S. The highest BCUT2D eigenvalue weighted by molar-refractivity contribution is 7.90. The molecule has 1 N–H and O–H groups in total. The molecule has 0 aliphatic heterocycles. The molecule has 0 saturated carbocycles. The first-order valence-electron chi connectivity index (χ1n) is 5.00. The van der Waals surface area contributed by atoms with Crippen molar-refractivity contribution in [3.63, 3.8) is 0 Å². The van der Waals surface area contributed by atoms with Crippen LogP contribution in [0.2, 0.25) is 0 Å². The number of nitrogens with one attached hydrogen (secondary N) is 1. The zero-order chi connectivity index (χ0) is 12.9. The van der Waals surface area contributed by atoms with Crippen LogP contribution in [0, 0.1) is 11.3 Å². The molecule has 0 amide bonds. The minimum atomic E-state index is -3.57. The Labute approximate surface area is 101 Å². The van der Waals surface area contributed by atoms with E-state index in [-0.39, 0.29) is 6.54 Å². The van der Waals surface area contributed by atoms with E-state index in [1.165, 1.54) is 6.92 Å². The lowest BCUT2D eigenvalue weighted by Gasteiger charge is -2.08. The quantitative estimate of drug-likeness (QED) is 0.851. The highest BCUT2D eigenvalue weighted by atomic mass is 32.2. The summed E-state index contributed by atoms with van der Waals surface area (Å²) in [6.07, 6.45) is 0. The fraction of sp³-hybridized carbons (Fsp3) is 0.364. The van der Waals surface area contributed by atoms with Crippen LogP contribution in [-0.4, -0.2) is 20.8 Å². The molecule has 17 heavy (non-hydrogen) atoms. The first-order chi connectivity index (χ1) is 7.99. The zero-order valence-corrected chi connectivity index (χ0v) is 10.5. The highest BCUT2D eigenvalue weighted by Crippen LogP contribution is 2.11. The van der Waals surface area contributed by atoms with Crippen LogP contribution >= 0.6 is 0 Å². The van der Waals surface area contributed by atoms with Crippen molar-refractivity contribution in [1.29, 1.82) is 5.26 Å². The van der Waals surface area contributed by atoms with E-state index >= 15 is 0 Å². The van der Waals surface area contributed by atoms with Gasteiger partial charge in [-0.2, -0.15) is 5.26 Å². The summed E-state index contributed by atoms with van der Waals surface area (Å²) in [6, 6.07) is 8.71. The Morgan fingerprint density at radius 1 is 1.41 bits per heavy atom. The van der Waals surface area contributed by atoms with Crippen molar-refractivity contribution in [3.05, 3.63) is 29.8 Å². The largest absolute Gasteiger partial charge is 0.497 e. The third kappa shape index (κ3) is 3.73. The van der Waals surface area contributed by atoms with Crippen LogP contribution in [0.3, 0.4) is 0 Å². The molecule has 1 atom stereocenters. The standard InChI is InChI=1S/C11H14N2O3S/c1-9(7-12)17(14,15)13-8-10-3-5-11(16-2)6-4-10/h3-6,9,13H,8H2,1-2H3. The van der Waals surface area contributed by atoms with Crippen molar-refractivity contribution in [2.75, 3.05) is 7.11 Å². The second-order valence-corrected chi connectivity index (χ2v) is 5.57. The summed E-state index contributed by atoms with van der Waals surface area (Å²) in [5, 5.41) is 7.50. The van der Waals surface area contributed by atoms with Crippen LogP contribution in [0.15, 0.2) is 24.3 Å². The lowest BCUT2D eigenvalue weighted by molar-refractivity contribution is 0.414. The van der Waals surface area contributed by atoms with Crippen LogP contribution in [-0.2, 0) is 16.6 Å². The summed E-state index contributed by atoms with van der Waals surface area (Å²) in [7, 11) is -2.00. The van der Waals surface area contributed by atoms with Gasteiger partial charge >= 0.3 is 0 Å². The van der Waals surface area contributed by atoms with E-state index < -0.39 is 15.3 Å². The third-order valence-electron chi connectivity index (χ3n) is 2.28. The predicted octanol–water partition coefficient (Wildman–Crippen LogP) is 1.03. The number of methoxy groups -OCH3 is 1. The van der Waals surface area contributed by atoms with E-state index in [1.807, 2.05) is 0 Å². The molecular weight excluding hydrogens is 240 g/mol. The molecule has 6 heteroatoms. The Kier molecular flexibility index (Phi) is 4.49. The van der Waals surface area contributed by atoms with E-state index in [1.54, 1.807) is 37.4 Å². The Balaban J connectivity index is 2.65. The fourth-order valence-electron chi connectivity index (χ4n) is 1.12. The Bertz CT molecular complexity index is 503. The Hall–Kier alpha value is -1.58. The van der Waals surface area contributed by atoms with Crippen molar-refractivity contribution in [3.8, 4) is 11.8 Å². The summed E-state index contributed by atoms with van der Waals surface area (Å²) >= 11 is 0. The number of ether oxygens (including phenoxy) is 1. The van der Waals surface area contributed by atoms with E-state index in [0.717, 1.165) is 5.56 Å². The summed E-state index contributed by atoms with van der Waals surface area (Å²) in [5.41, 5.74) is 0.805. The van der Waals surface area contributed by atoms with Crippen LogP contribution in [0.1, 0.15) is 12.5 Å². The van der Waals surface area contributed by atoms with Gasteiger partial charge in [0.25, 0.3) is 0 Å². The molecule has 1 aromatic carbocycles. The summed E-state index contributed by atoms with van der Waals surface area (Å²) in [6.45, 7) is 1.51. The van der Waals surface area contributed by atoms with Crippen LogP contribution < -0.4 is 9.46 Å². The molecule has 0 aliphatic carbocycles. The second kappa shape index (κ2) is 5.66. The monoisotopic (exact) mass is 254 g/mol. The van der Waals surface area contributed by atoms with E-state index in [4.69, 9.17) is 10.00 Å². The molecule has 0 fully saturated rings. The maximum atomic E-state index is 11.5. The van der Waals surface area contributed by atoms with Gasteiger partial charge in [-0.05, 0) is 24.6 Å². The highest BCUT2D eigenvalue weighted by Gasteiger charge is 2.19. The summed E-state index contributed by atoms with van der Waals surface area (Å²) in [5.74, 6) is 0.710. The van der Waals surface area contributed by atoms with Gasteiger partial charge in [-0.25, -0.2) is 13.1 Å². The first-order valence-corrected chi connectivity index (χ1v) is 6.55. The van der Waals surface area contributed by atoms with Gasteiger partial charge in [0.15, 0.2) is 5.25 Å². The topological polar surface area (TPSA) is 79.2 Å². The number of nitriles is 1. The molecule has 0 saturated heterocycles. The Morgan fingerprint density at radius 3 is 2.47 bits per heavy atom. The second-order valence-electron chi connectivity index (χ2n) is 3.49. The van der Waals surface area contributed by atoms with Gasteiger partial charge in [-0.15, -0.1) is 0 Å². The molecule has 0 heterocycles. The lowest BCUT2D eigenvalue weighted by Crippen LogP contribution is -2.31. The number of benzene rings is 1. The normalized spacial score (nSPS) is 12.8. The van der Waals surface area contributed by atoms with Crippen molar-refractivity contribution in [2.24, 2.45) is 0 Å². The van der Waals surface area contributed by atoms with E-state index in [2.05, 4.69) is 4.72 Å². The average Bonchev–Trinajstić information content (AvgIpc) is 2.36. The minimum Gasteiger partial charge on any atom is -0.497 e. The molecule has 0 aromatic heterocycles. The summed E-state index contributed by atoms with van der Waals surface area (Å²) in [4.78, 5) is 0. The number of hydrogen-bond donors (Lipinski definition) is 1. The third-order valence-corrected chi connectivity index (χ3v) is 3.87. The summed E-state index contributed by atoms with van der Waals surface area (Å²) < 4.78 is 30.4. The molecule has 92 valence electrons. The molecule has 5 nitrogen and oxygen atoms in total. The molecule has 1 aromatic rings. The average molecular weight is 254 g/mol. The fourth-order valence-corrected chi connectivity index (χ4v) is 1.88. The van der Waals surface area contributed by atoms with Crippen LogP contribution in [0.25, 0.3) is 0 Å². The molecule has 0 bridgehead atoms. The maximum Gasteiger partial charge on any atom is 0.227 e. The van der Waals surface area contributed by atoms with Gasteiger partial charge in [-0.1, -0.05) is 12.1 Å². The number of sulfonamides is 1. The first kappa shape index (κ1) is 13.5. The molecule has 1 unspecified atom stereocenters. The van der Waals surface area contributed by atoms with Gasteiger partial charge in [0.05, 0.1) is 13.2 Å². The van der Waals surface area contributed by atoms with Crippen molar-refractivity contribution < 1.29 is 13.2 Å². The van der Waals surface area contributed by atoms with E-state index in [9.17, 15) is 8.42 Å². The Morgan fingerprint density at radius 2 is 2.00 bits per heavy atom. The van der Waals surface area contributed by atoms with Crippen molar-refractivity contribution >= 4 is 10.0 Å². The zero-order valence-electron chi connectivity index (χ0n) is 9.67. The van der Waals surface area contributed by atoms with Gasteiger partial charge in [0, 0.05) is 6.54 Å². The van der Waals surface area contributed by atoms with Crippen molar-refractivity contribution in [2.45, 2.75) is 18.7 Å². The van der Waals surface area contributed by atoms with Gasteiger partial charge in [0.2, 0.25) is 10.0 Å². The lowest BCUT2D eigenvalue weighted by atomic mass is 10.2. The SMILES string of the molecule is COc1ccc(CNS(=O)(=O)C(C)C#N)cc1. The molecule has 1 rings (SSSR count). The maximum absolute atomic E-state index is 11.5. The van der Waals surface area contributed by atoms with Crippen molar-refractivity contribution in [1.82, 2.24) is 4.72 Å². The van der Waals surface area contributed by atoms with Crippen LogP contribution in [0.4, 0.5) is 0 Å². The number of hydrogen-bond acceptors (Lipinski definition) is 4. The van der Waals surface area contributed by atoms with E-state index in [0.29, 0.717) is 5.75 Å².